The zero-order valence-electron chi connectivity index (χ0n) is 16.3. The largest absolute Gasteiger partial charge is 0.496 e. The van der Waals surface area contributed by atoms with Crippen molar-refractivity contribution in [2.75, 3.05) is 40.4 Å². The number of methoxy groups -OCH3 is 2. The number of amides is 1. The summed E-state index contributed by atoms with van der Waals surface area (Å²) in [6.45, 7) is 4.02. The average Bonchev–Trinajstić information content (AvgIpc) is 3.05. The summed E-state index contributed by atoms with van der Waals surface area (Å²) in [5.74, 6) is 0.823. The Bertz CT molecular complexity index is 935. The molecular weight excluding hydrogens is 386 g/mol. The van der Waals surface area contributed by atoms with Gasteiger partial charge in [-0.1, -0.05) is 11.2 Å². The summed E-state index contributed by atoms with van der Waals surface area (Å²) in [5, 5.41) is 3.73. The molecule has 1 amide bonds. The normalized spacial score (nSPS) is 15.5. The van der Waals surface area contributed by atoms with Crippen molar-refractivity contribution in [3.8, 4) is 11.5 Å². The van der Waals surface area contributed by atoms with Crippen LogP contribution in [-0.4, -0.2) is 69.1 Å². The molecule has 0 saturated carbocycles. The van der Waals surface area contributed by atoms with Crippen molar-refractivity contribution in [3.05, 3.63) is 35.2 Å². The maximum absolute atomic E-state index is 13.0. The number of sulfonamides is 1. The van der Waals surface area contributed by atoms with E-state index in [9.17, 15) is 13.2 Å². The van der Waals surface area contributed by atoms with E-state index in [0.29, 0.717) is 22.8 Å². The van der Waals surface area contributed by atoms with Crippen LogP contribution in [0.2, 0.25) is 0 Å². The Morgan fingerprint density at radius 1 is 1.07 bits per heavy atom. The summed E-state index contributed by atoms with van der Waals surface area (Å²) in [7, 11) is -0.758. The molecule has 1 aromatic heterocycles. The monoisotopic (exact) mass is 409 g/mol. The van der Waals surface area contributed by atoms with Crippen LogP contribution in [0.25, 0.3) is 0 Å². The van der Waals surface area contributed by atoms with Crippen LogP contribution in [0, 0.1) is 13.8 Å². The Kier molecular flexibility index (Phi) is 5.61. The molecule has 0 atom stereocenters. The minimum Gasteiger partial charge on any atom is -0.496 e. The van der Waals surface area contributed by atoms with E-state index in [1.807, 2.05) is 0 Å². The number of piperazine rings is 1. The Labute approximate surface area is 163 Å². The van der Waals surface area contributed by atoms with Gasteiger partial charge in [-0.25, -0.2) is 8.42 Å². The van der Waals surface area contributed by atoms with E-state index in [1.165, 1.54) is 18.5 Å². The molecule has 1 aliphatic heterocycles. The minimum atomic E-state index is -3.73. The number of hydrogen-bond donors (Lipinski definition) is 0. The van der Waals surface area contributed by atoms with Crippen LogP contribution < -0.4 is 9.47 Å². The molecule has 1 fully saturated rings. The van der Waals surface area contributed by atoms with Gasteiger partial charge in [0, 0.05) is 26.2 Å². The van der Waals surface area contributed by atoms with Crippen molar-refractivity contribution in [1.82, 2.24) is 14.4 Å². The third-order valence-corrected chi connectivity index (χ3v) is 6.88. The molecule has 1 aromatic carbocycles. The quantitative estimate of drug-likeness (QED) is 0.736. The predicted molar refractivity (Wildman–Crippen MR) is 100 cm³/mol. The topological polar surface area (TPSA) is 102 Å². The second kappa shape index (κ2) is 7.80. The van der Waals surface area contributed by atoms with E-state index >= 15 is 0 Å². The van der Waals surface area contributed by atoms with Crippen molar-refractivity contribution in [2.45, 2.75) is 18.7 Å². The number of carbonyl (C=O) groups excluding carboxylic acids is 1. The average molecular weight is 409 g/mol. The Morgan fingerprint density at radius 3 is 2.11 bits per heavy atom. The summed E-state index contributed by atoms with van der Waals surface area (Å²) in [5.41, 5.74) is 0.657. The van der Waals surface area contributed by atoms with Gasteiger partial charge in [-0.2, -0.15) is 4.31 Å². The van der Waals surface area contributed by atoms with E-state index in [1.54, 1.807) is 36.9 Å². The van der Waals surface area contributed by atoms with Crippen LogP contribution in [0.5, 0.6) is 11.5 Å². The van der Waals surface area contributed by atoms with Gasteiger partial charge in [0.1, 0.15) is 27.7 Å². The molecule has 2 aromatic rings. The molecule has 152 valence electrons. The fraction of sp³-hybridized carbons (Fsp3) is 0.444. The van der Waals surface area contributed by atoms with Crippen LogP contribution in [-0.2, 0) is 10.0 Å². The summed E-state index contributed by atoms with van der Waals surface area (Å²) in [6.07, 6.45) is 0. The van der Waals surface area contributed by atoms with Crippen molar-refractivity contribution >= 4 is 15.9 Å². The van der Waals surface area contributed by atoms with Crippen molar-refractivity contribution in [2.24, 2.45) is 0 Å². The molecule has 28 heavy (non-hydrogen) atoms. The highest BCUT2D eigenvalue weighted by molar-refractivity contribution is 7.89. The van der Waals surface area contributed by atoms with E-state index in [2.05, 4.69) is 5.16 Å². The minimum absolute atomic E-state index is 0.0960. The predicted octanol–water partition coefficient (Wildman–Crippen LogP) is 1.46. The standard InChI is InChI=1S/C18H23N3O6S/c1-12-17(13(2)27-19-12)28(23,24)21-10-8-20(9-11-21)18(22)16-14(25-3)6-5-7-15(16)26-4/h5-7H,8-11H2,1-4H3. The first-order valence-corrected chi connectivity index (χ1v) is 10.2. The smallest absolute Gasteiger partial charge is 0.261 e. The van der Waals surface area contributed by atoms with E-state index in [-0.39, 0.29) is 42.7 Å². The lowest BCUT2D eigenvalue weighted by Gasteiger charge is -2.34. The van der Waals surface area contributed by atoms with Crippen LogP contribution in [0.1, 0.15) is 21.8 Å². The zero-order chi connectivity index (χ0) is 20.5. The van der Waals surface area contributed by atoms with Crippen molar-refractivity contribution in [3.63, 3.8) is 0 Å². The maximum Gasteiger partial charge on any atom is 0.261 e. The Balaban J connectivity index is 1.79. The van der Waals surface area contributed by atoms with Gasteiger partial charge in [-0.15, -0.1) is 0 Å². The second-order valence-electron chi connectivity index (χ2n) is 6.39. The maximum atomic E-state index is 13.0. The highest BCUT2D eigenvalue weighted by Gasteiger charge is 2.35. The number of hydrogen-bond acceptors (Lipinski definition) is 7. The molecule has 1 aliphatic rings. The molecule has 1 saturated heterocycles. The highest BCUT2D eigenvalue weighted by Crippen LogP contribution is 2.30. The first-order valence-electron chi connectivity index (χ1n) is 8.74. The molecule has 3 rings (SSSR count). The van der Waals surface area contributed by atoms with Gasteiger partial charge in [0.05, 0.1) is 14.2 Å². The molecule has 10 heteroatoms. The van der Waals surface area contributed by atoms with Crippen molar-refractivity contribution in [1.29, 1.82) is 0 Å². The Hall–Kier alpha value is -2.59. The number of benzene rings is 1. The third kappa shape index (κ3) is 3.45. The molecule has 0 unspecified atom stereocenters. The van der Waals surface area contributed by atoms with Gasteiger partial charge < -0.3 is 18.9 Å². The third-order valence-electron chi connectivity index (χ3n) is 4.73. The van der Waals surface area contributed by atoms with Crippen LogP contribution in [0.15, 0.2) is 27.6 Å². The lowest BCUT2D eigenvalue weighted by atomic mass is 10.1. The lowest BCUT2D eigenvalue weighted by Crippen LogP contribution is -2.50. The molecule has 0 radical (unpaired) electrons. The van der Waals surface area contributed by atoms with E-state index in [0.717, 1.165) is 0 Å². The summed E-state index contributed by atoms with van der Waals surface area (Å²) >= 11 is 0. The van der Waals surface area contributed by atoms with Crippen LogP contribution in [0.3, 0.4) is 0 Å². The number of ether oxygens (including phenoxy) is 2. The number of aromatic nitrogens is 1. The van der Waals surface area contributed by atoms with Crippen LogP contribution >= 0.6 is 0 Å². The van der Waals surface area contributed by atoms with Gasteiger partial charge in [0.25, 0.3) is 5.91 Å². The van der Waals surface area contributed by atoms with Crippen LogP contribution in [0.4, 0.5) is 0 Å². The SMILES string of the molecule is COc1cccc(OC)c1C(=O)N1CCN(S(=O)(=O)c2c(C)noc2C)CC1. The van der Waals surface area contributed by atoms with Crippen molar-refractivity contribution < 1.29 is 27.2 Å². The van der Waals surface area contributed by atoms with Gasteiger partial charge in [0.2, 0.25) is 10.0 Å². The molecule has 0 N–H and O–H groups in total. The molecule has 0 bridgehead atoms. The summed E-state index contributed by atoms with van der Waals surface area (Å²) in [4.78, 5) is 14.7. The Morgan fingerprint density at radius 2 is 1.64 bits per heavy atom. The number of aryl methyl sites for hydroxylation is 2. The number of rotatable bonds is 5. The highest BCUT2D eigenvalue weighted by atomic mass is 32.2. The fourth-order valence-corrected chi connectivity index (χ4v) is 5.04. The molecular formula is C18H23N3O6S. The van der Waals surface area contributed by atoms with E-state index < -0.39 is 10.0 Å². The van der Waals surface area contributed by atoms with Gasteiger partial charge >= 0.3 is 0 Å². The summed E-state index contributed by atoms with van der Waals surface area (Å²) in [6, 6.07) is 5.12. The first-order chi connectivity index (χ1) is 13.3. The van der Waals surface area contributed by atoms with E-state index in [4.69, 9.17) is 14.0 Å². The van der Waals surface area contributed by atoms with Gasteiger partial charge in [-0.05, 0) is 26.0 Å². The van der Waals surface area contributed by atoms with Gasteiger partial charge in [0.15, 0.2) is 5.76 Å². The van der Waals surface area contributed by atoms with Gasteiger partial charge in [-0.3, -0.25) is 4.79 Å². The lowest BCUT2D eigenvalue weighted by molar-refractivity contribution is 0.0691. The summed E-state index contributed by atoms with van der Waals surface area (Å²) < 4.78 is 42.8. The molecule has 0 aliphatic carbocycles. The second-order valence-corrected chi connectivity index (χ2v) is 8.26. The zero-order valence-corrected chi connectivity index (χ0v) is 17.1. The first kappa shape index (κ1) is 20.2. The number of nitrogens with zero attached hydrogens (tertiary/aromatic N) is 3. The molecule has 0 spiro atoms. The molecule has 2 heterocycles. The molecule has 9 nitrogen and oxygen atoms in total. The number of carbonyl (C=O) groups is 1. The fourth-order valence-electron chi connectivity index (χ4n) is 3.32.